The number of alkyl carbamates (subject to hydrolysis) is 1. The van der Waals surface area contributed by atoms with Crippen molar-refractivity contribution in [2.45, 2.75) is 13.5 Å². The van der Waals surface area contributed by atoms with Gasteiger partial charge in [-0.25, -0.2) is 4.79 Å². The highest BCUT2D eigenvalue weighted by atomic mass is 16.5. The van der Waals surface area contributed by atoms with Gasteiger partial charge >= 0.3 is 6.09 Å². The highest BCUT2D eigenvalue weighted by Crippen LogP contribution is 2.32. The molecule has 0 saturated carbocycles. The van der Waals surface area contributed by atoms with Crippen molar-refractivity contribution in [2.75, 3.05) is 20.3 Å². The van der Waals surface area contributed by atoms with E-state index in [0.717, 1.165) is 38.8 Å². The Morgan fingerprint density at radius 1 is 1.13 bits per heavy atom. The number of hydrogen-bond acceptors (Lipinski definition) is 4. The molecule has 2 aromatic heterocycles. The first kappa shape index (κ1) is 20.5. The molecule has 0 aliphatic rings. The second kappa shape index (κ2) is 9.34. The number of aryl methyl sites for hydroxylation is 1. The van der Waals surface area contributed by atoms with Gasteiger partial charge in [0.1, 0.15) is 12.4 Å². The van der Waals surface area contributed by atoms with E-state index in [0.29, 0.717) is 13.1 Å². The van der Waals surface area contributed by atoms with Gasteiger partial charge in [0.25, 0.3) is 0 Å². The number of nitrogens with one attached hydrogen (secondary N) is 1. The van der Waals surface area contributed by atoms with Crippen LogP contribution in [0.25, 0.3) is 27.9 Å². The molecule has 0 saturated heterocycles. The second-order valence-corrected chi connectivity index (χ2v) is 7.17. The molecule has 2 heterocycles. The highest BCUT2D eigenvalue weighted by Gasteiger charge is 2.14. The third kappa shape index (κ3) is 4.53. The van der Waals surface area contributed by atoms with Crippen molar-refractivity contribution in [2.24, 2.45) is 0 Å². The SMILES string of the molecule is COc1ccc2c3ccnc(C)c3n(CCNC(=O)OC/C=C/c3ccccc3)c2c1. The molecule has 0 unspecified atom stereocenters. The van der Waals surface area contributed by atoms with Crippen molar-refractivity contribution in [3.05, 3.63) is 78.1 Å². The standard InChI is InChI=1S/C25H25N3O3/c1-18-24-22(12-13-26-18)21-11-10-20(30-2)17-23(21)28(24)15-14-27-25(29)31-16-6-9-19-7-4-3-5-8-19/h3-13,17H,14-16H2,1-2H3,(H,27,29)/b9-6+. The van der Waals surface area contributed by atoms with Crippen LogP contribution in [0.2, 0.25) is 0 Å². The van der Waals surface area contributed by atoms with Crippen molar-refractivity contribution in [1.29, 1.82) is 0 Å². The molecular weight excluding hydrogens is 390 g/mol. The van der Waals surface area contributed by atoms with Crippen LogP contribution in [0.15, 0.2) is 66.9 Å². The first-order chi connectivity index (χ1) is 15.2. The first-order valence-electron chi connectivity index (χ1n) is 10.2. The summed E-state index contributed by atoms with van der Waals surface area (Å²) >= 11 is 0. The summed E-state index contributed by atoms with van der Waals surface area (Å²) in [5.74, 6) is 0.791. The van der Waals surface area contributed by atoms with E-state index in [1.54, 1.807) is 7.11 Å². The highest BCUT2D eigenvalue weighted by molar-refractivity contribution is 6.09. The predicted molar refractivity (Wildman–Crippen MR) is 123 cm³/mol. The number of hydrogen-bond donors (Lipinski definition) is 1. The van der Waals surface area contributed by atoms with Gasteiger partial charge in [0, 0.05) is 36.1 Å². The van der Waals surface area contributed by atoms with Gasteiger partial charge in [-0.3, -0.25) is 4.98 Å². The van der Waals surface area contributed by atoms with Gasteiger partial charge in [0.05, 0.1) is 23.8 Å². The molecule has 0 bridgehead atoms. The average Bonchev–Trinajstić information content (AvgIpc) is 3.11. The molecule has 2 aromatic carbocycles. The molecule has 0 aliphatic heterocycles. The van der Waals surface area contributed by atoms with Crippen molar-refractivity contribution in [3.8, 4) is 5.75 Å². The second-order valence-electron chi connectivity index (χ2n) is 7.17. The van der Waals surface area contributed by atoms with Gasteiger partial charge in [-0.2, -0.15) is 0 Å². The summed E-state index contributed by atoms with van der Waals surface area (Å²) < 4.78 is 12.8. The number of fused-ring (bicyclic) bond motifs is 3. The molecule has 0 radical (unpaired) electrons. The van der Waals surface area contributed by atoms with E-state index in [1.807, 2.05) is 73.8 Å². The van der Waals surface area contributed by atoms with Crippen molar-refractivity contribution in [1.82, 2.24) is 14.9 Å². The molecule has 0 spiro atoms. The predicted octanol–water partition coefficient (Wildman–Crippen LogP) is 4.95. The number of nitrogens with zero attached hydrogens (tertiary/aromatic N) is 2. The largest absolute Gasteiger partial charge is 0.497 e. The number of ether oxygens (including phenoxy) is 2. The monoisotopic (exact) mass is 415 g/mol. The number of methoxy groups -OCH3 is 1. The Morgan fingerprint density at radius 3 is 2.77 bits per heavy atom. The van der Waals surface area contributed by atoms with Crippen LogP contribution >= 0.6 is 0 Å². The fourth-order valence-electron chi connectivity index (χ4n) is 3.75. The van der Waals surface area contributed by atoms with Crippen LogP contribution in [0, 0.1) is 6.92 Å². The summed E-state index contributed by atoms with van der Waals surface area (Å²) in [5.41, 5.74) is 4.12. The van der Waals surface area contributed by atoms with E-state index in [1.165, 1.54) is 0 Å². The quantitative estimate of drug-likeness (QED) is 0.464. The topological polar surface area (TPSA) is 65.4 Å². The Labute approximate surface area is 181 Å². The normalized spacial score (nSPS) is 11.3. The van der Waals surface area contributed by atoms with Crippen LogP contribution in [0.3, 0.4) is 0 Å². The first-order valence-corrected chi connectivity index (χ1v) is 10.2. The van der Waals surface area contributed by atoms with Gasteiger partial charge in [-0.15, -0.1) is 0 Å². The maximum absolute atomic E-state index is 12.1. The lowest BCUT2D eigenvalue weighted by molar-refractivity contribution is 0.158. The van der Waals surface area contributed by atoms with Gasteiger partial charge < -0.3 is 19.4 Å². The summed E-state index contributed by atoms with van der Waals surface area (Å²) in [6.45, 7) is 3.24. The van der Waals surface area contributed by atoms with E-state index in [4.69, 9.17) is 9.47 Å². The van der Waals surface area contributed by atoms with E-state index in [2.05, 4.69) is 20.9 Å². The molecule has 6 heteroatoms. The fraction of sp³-hybridized carbons (Fsp3) is 0.200. The third-order valence-electron chi connectivity index (χ3n) is 5.19. The zero-order valence-corrected chi connectivity index (χ0v) is 17.7. The smallest absolute Gasteiger partial charge is 0.407 e. The minimum atomic E-state index is -0.439. The van der Waals surface area contributed by atoms with Crippen LogP contribution in [0.4, 0.5) is 4.79 Å². The lowest BCUT2D eigenvalue weighted by atomic mass is 10.1. The molecule has 1 N–H and O–H groups in total. The van der Waals surface area contributed by atoms with Crippen molar-refractivity contribution in [3.63, 3.8) is 0 Å². The lowest BCUT2D eigenvalue weighted by Crippen LogP contribution is -2.28. The van der Waals surface area contributed by atoms with Gasteiger partial charge in [-0.05, 0) is 36.8 Å². The summed E-state index contributed by atoms with van der Waals surface area (Å²) in [5, 5.41) is 5.10. The Balaban J connectivity index is 1.42. The number of pyridine rings is 1. The fourth-order valence-corrected chi connectivity index (χ4v) is 3.75. The molecule has 4 aromatic rings. The average molecular weight is 415 g/mol. The van der Waals surface area contributed by atoms with Crippen molar-refractivity contribution >= 4 is 34.0 Å². The molecule has 4 rings (SSSR count). The molecule has 158 valence electrons. The van der Waals surface area contributed by atoms with E-state index in [9.17, 15) is 4.79 Å². The van der Waals surface area contributed by atoms with Crippen LogP contribution in [0.1, 0.15) is 11.3 Å². The zero-order chi connectivity index (χ0) is 21.6. The maximum Gasteiger partial charge on any atom is 0.407 e. The van der Waals surface area contributed by atoms with Crippen LogP contribution in [0.5, 0.6) is 5.75 Å². The van der Waals surface area contributed by atoms with Crippen molar-refractivity contribution < 1.29 is 14.3 Å². The summed E-state index contributed by atoms with van der Waals surface area (Å²) in [7, 11) is 1.66. The van der Waals surface area contributed by atoms with Crippen LogP contribution in [-0.4, -0.2) is 35.9 Å². The van der Waals surface area contributed by atoms with E-state index in [-0.39, 0.29) is 6.61 Å². The Kier molecular flexibility index (Phi) is 6.17. The third-order valence-corrected chi connectivity index (χ3v) is 5.19. The number of carbonyl (C=O) groups excluding carboxylic acids is 1. The number of amides is 1. The number of benzene rings is 2. The molecule has 6 nitrogen and oxygen atoms in total. The molecule has 31 heavy (non-hydrogen) atoms. The molecule has 0 aliphatic carbocycles. The van der Waals surface area contributed by atoms with Gasteiger partial charge in [0.15, 0.2) is 0 Å². The zero-order valence-electron chi connectivity index (χ0n) is 17.7. The Hall–Kier alpha value is -3.80. The summed E-state index contributed by atoms with van der Waals surface area (Å²) in [6, 6.07) is 17.9. The van der Waals surface area contributed by atoms with Gasteiger partial charge in [-0.1, -0.05) is 36.4 Å². The molecule has 0 atom stereocenters. The molecule has 1 amide bonds. The molecule has 0 fully saturated rings. The summed E-state index contributed by atoms with van der Waals surface area (Å²) in [4.78, 5) is 16.5. The van der Waals surface area contributed by atoms with E-state index < -0.39 is 6.09 Å². The van der Waals surface area contributed by atoms with Gasteiger partial charge in [0.2, 0.25) is 0 Å². The summed E-state index contributed by atoms with van der Waals surface area (Å²) in [6.07, 6.45) is 5.13. The molecular formula is C25H25N3O3. The Bertz CT molecular complexity index is 1230. The minimum absolute atomic E-state index is 0.219. The lowest BCUT2D eigenvalue weighted by Gasteiger charge is -2.10. The number of aromatic nitrogens is 2. The number of rotatable bonds is 7. The van der Waals surface area contributed by atoms with Crippen LogP contribution in [-0.2, 0) is 11.3 Å². The van der Waals surface area contributed by atoms with Crippen LogP contribution < -0.4 is 10.1 Å². The Morgan fingerprint density at radius 2 is 1.97 bits per heavy atom. The minimum Gasteiger partial charge on any atom is -0.497 e. The maximum atomic E-state index is 12.1. The number of carbonyl (C=O) groups is 1. The van der Waals surface area contributed by atoms with E-state index >= 15 is 0 Å².